The lowest BCUT2D eigenvalue weighted by Gasteiger charge is -2.34. The summed E-state index contributed by atoms with van der Waals surface area (Å²) in [4.78, 5) is 1.53. The Morgan fingerprint density at radius 3 is 1.81 bits per heavy atom. The monoisotopic (exact) mass is 472 g/mol. The molecule has 1 aliphatic heterocycles. The molecule has 0 aliphatic carbocycles. The van der Waals surface area contributed by atoms with Gasteiger partial charge in [0.15, 0.2) is 0 Å². The molecule has 0 fully saturated rings. The first-order valence-corrected chi connectivity index (χ1v) is 12.6. The first-order chi connectivity index (χ1) is 15.2. The van der Waals surface area contributed by atoms with Gasteiger partial charge in [-0.3, -0.25) is 0 Å². The third-order valence-corrected chi connectivity index (χ3v) is 7.05. The molecule has 2 unspecified atom stereocenters. The van der Waals surface area contributed by atoms with E-state index in [0.29, 0.717) is 6.04 Å². The minimum atomic E-state index is 0.0585. The molecule has 0 aromatic heterocycles. The zero-order valence-corrected chi connectivity index (χ0v) is 20.2. The zero-order valence-electron chi connectivity index (χ0n) is 18.6. The summed E-state index contributed by atoms with van der Waals surface area (Å²) in [6, 6.07) is 36.2. The van der Waals surface area contributed by atoms with E-state index in [-0.39, 0.29) is 5.41 Å². The standard InChI is InChI=1S/C28H27N.CH3Br/c1-21-28(19-22-11-5-3-6-12-22,20-23-13-7-4-8-14-23)27-25-16-10-9-15-24(25)17-18-26(27)29(21)2;1-2/h3-18,21H,19-20H2,1-2H3;1H3/p+1. The van der Waals surface area contributed by atoms with Crippen molar-refractivity contribution in [3.05, 3.63) is 114 Å². The highest BCUT2D eigenvalue weighted by Crippen LogP contribution is 2.45. The second kappa shape index (κ2) is 9.38. The van der Waals surface area contributed by atoms with Crippen molar-refractivity contribution >= 4 is 32.4 Å². The highest BCUT2D eigenvalue weighted by atomic mass is 79.9. The van der Waals surface area contributed by atoms with Crippen molar-refractivity contribution < 1.29 is 4.90 Å². The van der Waals surface area contributed by atoms with Gasteiger partial charge < -0.3 is 4.90 Å². The van der Waals surface area contributed by atoms with E-state index in [0.717, 1.165) is 12.8 Å². The van der Waals surface area contributed by atoms with Crippen LogP contribution in [0.25, 0.3) is 10.8 Å². The Kier molecular flexibility index (Phi) is 6.60. The van der Waals surface area contributed by atoms with Crippen molar-refractivity contribution in [3.63, 3.8) is 0 Å². The lowest BCUT2D eigenvalue weighted by Crippen LogP contribution is -3.07. The third kappa shape index (κ3) is 3.95. The molecule has 158 valence electrons. The summed E-state index contributed by atoms with van der Waals surface area (Å²) < 4.78 is 0. The molecule has 0 bridgehead atoms. The normalized spacial score (nSPS) is 18.8. The quantitative estimate of drug-likeness (QED) is 0.341. The van der Waals surface area contributed by atoms with E-state index in [4.69, 9.17) is 0 Å². The number of fused-ring (bicyclic) bond motifs is 3. The molecule has 0 spiro atoms. The van der Waals surface area contributed by atoms with Crippen LogP contribution in [0.5, 0.6) is 0 Å². The first-order valence-electron chi connectivity index (χ1n) is 11.0. The fraction of sp³-hybridized carbons (Fsp3) is 0.241. The average Bonchev–Trinajstić information content (AvgIpc) is 3.04. The topological polar surface area (TPSA) is 4.44 Å². The molecule has 2 heteroatoms. The van der Waals surface area contributed by atoms with Gasteiger partial charge in [0.25, 0.3) is 0 Å². The van der Waals surface area contributed by atoms with Crippen LogP contribution in [0.1, 0.15) is 23.6 Å². The first kappa shape index (κ1) is 21.8. The van der Waals surface area contributed by atoms with Crippen molar-refractivity contribution in [1.82, 2.24) is 0 Å². The van der Waals surface area contributed by atoms with Crippen molar-refractivity contribution in [1.29, 1.82) is 0 Å². The van der Waals surface area contributed by atoms with Gasteiger partial charge in [0, 0.05) is 5.56 Å². The van der Waals surface area contributed by atoms with Gasteiger partial charge in [0.2, 0.25) is 0 Å². The van der Waals surface area contributed by atoms with Gasteiger partial charge in [0.1, 0.15) is 5.69 Å². The van der Waals surface area contributed by atoms with E-state index in [1.165, 1.54) is 32.5 Å². The molecule has 1 aliphatic rings. The Bertz CT molecular complexity index is 1100. The minimum absolute atomic E-state index is 0.0585. The molecule has 0 amide bonds. The molecule has 1 nitrogen and oxygen atoms in total. The van der Waals surface area contributed by atoms with E-state index in [2.05, 4.69) is 127 Å². The Hall–Kier alpha value is -2.42. The SMILES string of the molecule is CBr.CC1[NH+](C)c2ccc3ccccc3c2C1(Cc1ccccc1)Cc1ccccc1. The smallest absolute Gasteiger partial charge is 0.135 e. The van der Waals surface area contributed by atoms with Crippen LogP contribution in [0.4, 0.5) is 5.69 Å². The number of benzene rings is 4. The highest BCUT2D eigenvalue weighted by molar-refractivity contribution is 9.08. The van der Waals surface area contributed by atoms with E-state index in [1.54, 1.807) is 5.56 Å². The summed E-state index contributed by atoms with van der Waals surface area (Å²) in [6.45, 7) is 2.44. The molecular weight excluding hydrogens is 442 g/mol. The van der Waals surface area contributed by atoms with Crippen molar-refractivity contribution in [2.75, 3.05) is 12.9 Å². The second-order valence-corrected chi connectivity index (χ2v) is 8.59. The largest absolute Gasteiger partial charge is 0.302 e. The van der Waals surface area contributed by atoms with E-state index < -0.39 is 0 Å². The number of nitrogens with one attached hydrogen (secondary N) is 1. The van der Waals surface area contributed by atoms with Crippen LogP contribution >= 0.6 is 15.9 Å². The van der Waals surface area contributed by atoms with Crippen LogP contribution in [-0.2, 0) is 18.3 Å². The van der Waals surface area contributed by atoms with Crippen LogP contribution in [0.2, 0.25) is 0 Å². The number of halogens is 1. The summed E-state index contributed by atoms with van der Waals surface area (Å²) in [5.41, 5.74) is 5.91. The van der Waals surface area contributed by atoms with E-state index >= 15 is 0 Å². The molecule has 4 aromatic rings. The predicted molar refractivity (Wildman–Crippen MR) is 137 cm³/mol. The van der Waals surface area contributed by atoms with Crippen LogP contribution in [0, 0.1) is 0 Å². The Morgan fingerprint density at radius 1 is 0.710 bits per heavy atom. The molecule has 0 radical (unpaired) electrons. The number of likely N-dealkylation sites (N-methyl/N-ethyl adjacent to an activating group) is 1. The fourth-order valence-electron chi connectivity index (χ4n) is 5.47. The van der Waals surface area contributed by atoms with Crippen LogP contribution in [-0.4, -0.2) is 18.9 Å². The fourth-order valence-corrected chi connectivity index (χ4v) is 5.47. The molecule has 5 rings (SSSR count). The maximum absolute atomic E-state index is 2.94. The van der Waals surface area contributed by atoms with Crippen molar-refractivity contribution in [3.8, 4) is 0 Å². The molecule has 0 saturated heterocycles. The van der Waals surface area contributed by atoms with Crippen molar-refractivity contribution in [2.45, 2.75) is 31.2 Å². The maximum Gasteiger partial charge on any atom is 0.135 e. The Morgan fingerprint density at radius 2 is 1.23 bits per heavy atom. The van der Waals surface area contributed by atoms with Crippen LogP contribution in [0.15, 0.2) is 97.1 Å². The maximum atomic E-state index is 2.94. The second-order valence-electron chi connectivity index (χ2n) is 8.59. The van der Waals surface area contributed by atoms with Crippen LogP contribution in [0.3, 0.4) is 0 Å². The minimum Gasteiger partial charge on any atom is -0.302 e. The van der Waals surface area contributed by atoms with Crippen LogP contribution < -0.4 is 4.90 Å². The molecule has 1 N–H and O–H groups in total. The number of rotatable bonds is 4. The highest BCUT2D eigenvalue weighted by Gasteiger charge is 2.52. The van der Waals surface area contributed by atoms with Gasteiger partial charge in [-0.2, -0.15) is 0 Å². The zero-order chi connectivity index (χ0) is 21.8. The summed E-state index contributed by atoms with van der Waals surface area (Å²) in [6.07, 6.45) is 2.12. The van der Waals surface area contributed by atoms with Gasteiger partial charge in [-0.15, -0.1) is 0 Å². The van der Waals surface area contributed by atoms with E-state index in [1.807, 2.05) is 5.83 Å². The van der Waals surface area contributed by atoms with Gasteiger partial charge in [-0.05, 0) is 59.6 Å². The number of hydrogen-bond donors (Lipinski definition) is 1. The molecule has 0 saturated carbocycles. The summed E-state index contributed by atoms with van der Waals surface area (Å²) >= 11 is 2.94. The molecule has 1 heterocycles. The Balaban J connectivity index is 0.00000112. The molecular formula is C29H31BrN+. The van der Waals surface area contributed by atoms with Crippen molar-refractivity contribution in [2.24, 2.45) is 0 Å². The predicted octanol–water partition coefficient (Wildman–Crippen LogP) is 6.12. The number of quaternary nitrogens is 1. The summed E-state index contributed by atoms with van der Waals surface area (Å²) in [7, 11) is 2.34. The summed E-state index contributed by atoms with van der Waals surface area (Å²) in [5.74, 6) is 1.81. The molecule has 31 heavy (non-hydrogen) atoms. The van der Waals surface area contributed by atoms with Gasteiger partial charge in [0.05, 0.1) is 18.5 Å². The third-order valence-electron chi connectivity index (χ3n) is 7.05. The van der Waals surface area contributed by atoms with E-state index in [9.17, 15) is 0 Å². The van der Waals surface area contributed by atoms with Gasteiger partial charge in [-0.1, -0.05) is 101 Å². The number of hydrogen-bond acceptors (Lipinski definition) is 0. The lowest BCUT2D eigenvalue weighted by molar-refractivity contribution is -0.834. The van der Waals surface area contributed by atoms with Gasteiger partial charge >= 0.3 is 0 Å². The number of alkyl halides is 1. The Labute approximate surface area is 194 Å². The summed E-state index contributed by atoms with van der Waals surface area (Å²) in [5, 5.41) is 2.76. The van der Waals surface area contributed by atoms with Gasteiger partial charge in [-0.25, -0.2) is 0 Å². The average molecular weight is 473 g/mol. The molecule has 2 atom stereocenters. The lowest BCUT2D eigenvalue weighted by atomic mass is 9.67. The molecule has 4 aromatic carbocycles.